The zero-order valence-electron chi connectivity index (χ0n) is 10.2. The third-order valence-corrected chi connectivity index (χ3v) is 4.12. The minimum atomic E-state index is 0.598. The van der Waals surface area contributed by atoms with Crippen LogP contribution >= 0.6 is 15.9 Å². The molecule has 0 atom stereocenters. The summed E-state index contributed by atoms with van der Waals surface area (Å²) in [6.45, 7) is 6.63. The first kappa shape index (κ1) is 11.2. The third-order valence-electron chi connectivity index (χ3n) is 3.50. The average molecular weight is 294 g/mol. The fourth-order valence-corrected chi connectivity index (χ4v) is 2.89. The van der Waals surface area contributed by atoms with Crippen molar-refractivity contribution in [2.45, 2.75) is 32.9 Å². The fraction of sp³-hybridized carbons (Fsp3) is 0.462. The van der Waals surface area contributed by atoms with E-state index in [-0.39, 0.29) is 0 Å². The van der Waals surface area contributed by atoms with Gasteiger partial charge in [0.05, 0.1) is 15.9 Å². The summed E-state index contributed by atoms with van der Waals surface area (Å²) in [5, 5.41) is 0. The second kappa shape index (κ2) is 4.10. The standard InChI is InChI=1S/C13H16BrN3/c1-9(2)16-7-5-11-12(8-16)17-6-3-4-10(14)13(17)15-11/h3-4,6,9H,5,7-8H2,1-2H3. The van der Waals surface area contributed by atoms with Crippen LogP contribution < -0.4 is 0 Å². The number of hydrogen-bond acceptors (Lipinski definition) is 2. The van der Waals surface area contributed by atoms with E-state index in [9.17, 15) is 0 Å². The highest BCUT2D eigenvalue weighted by molar-refractivity contribution is 9.10. The number of imidazole rings is 1. The molecule has 90 valence electrons. The van der Waals surface area contributed by atoms with Crippen LogP contribution in [0.3, 0.4) is 0 Å². The summed E-state index contributed by atoms with van der Waals surface area (Å²) in [6, 6.07) is 4.71. The lowest BCUT2D eigenvalue weighted by Gasteiger charge is -2.29. The maximum absolute atomic E-state index is 4.74. The van der Waals surface area contributed by atoms with Gasteiger partial charge in [-0.25, -0.2) is 4.98 Å². The molecule has 0 aromatic carbocycles. The van der Waals surface area contributed by atoms with Gasteiger partial charge in [0.25, 0.3) is 0 Å². The molecule has 3 rings (SSSR count). The highest BCUT2D eigenvalue weighted by Crippen LogP contribution is 2.25. The number of aromatic nitrogens is 2. The number of fused-ring (bicyclic) bond motifs is 3. The van der Waals surface area contributed by atoms with Crippen molar-refractivity contribution < 1.29 is 0 Å². The molecule has 3 nitrogen and oxygen atoms in total. The molecule has 0 saturated heterocycles. The summed E-state index contributed by atoms with van der Waals surface area (Å²) in [4.78, 5) is 7.23. The number of halogens is 1. The molecule has 0 N–H and O–H groups in total. The second-order valence-corrected chi connectivity index (χ2v) is 5.72. The van der Waals surface area contributed by atoms with Gasteiger partial charge in [-0.1, -0.05) is 0 Å². The highest BCUT2D eigenvalue weighted by atomic mass is 79.9. The van der Waals surface area contributed by atoms with Crippen molar-refractivity contribution in [3.63, 3.8) is 0 Å². The molecular weight excluding hydrogens is 278 g/mol. The van der Waals surface area contributed by atoms with E-state index in [1.807, 2.05) is 6.07 Å². The van der Waals surface area contributed by atoms with Crippen LogP contribution in [-0.4, -0.2) is 26.9 Å². The lowest BCUT2D eigenvalue weighted by Crippen LogP contribution is -2.36. The first-order chi connectivity index (χ1) is 8.16. The average Bonchev–Trinajstić information content (AvgIpc) is 2.68. The molecule has 0 spiro atoms. The van der Waals surface area contributed by atoms with E-state index in [2.05, 4.69) is 51.3 Å². The maximum Gasteiger partial charge on any atom is 0.151 e. The summed E-state index contributed by atoms with van der Waals surface area (Å²) in [7, 11) is 0. The van der Waals surface area contributed by atoms with Crippen molar-refractivity contribution >= 4 is 21.6 Å². The van der Waals surface area contributed by atoms with Crippen molar-refractivity contribution in [1.29, 1.82) is 0 Å². The van der Waals surface area contributed by atoms with Crippen molar-refractivity contribution in [3.05, 3.63) is 34.2 Å². The van der Waals surface area contributed by atoms with Crippen LogP contribution in [0.5, 0.6) is 0 Å². The predicted molar refractivity (Wildman–Crippen MR) is 72.1 cm³/mol. The molecule has 0 radical (unpaired) electrons. The summed E-state index contributed by atoms with van der Waals surface area (Å²) in [6.07, 6.45) is 3.16. The summed E-state index contributed by atoms with van der Waals surface area (Å²) in [5.41, 5.74) is 3.65. The Hall–Kier alpha value is -0.870. The quantitative estimate of drug-likeness (QED) is 0.806. The molecule has 3 heterocycles. The van der Waals surface area contributed by atoms with E-state index in [1.165, 1.54) is 11.4 Å². The van der Waals surface area contributed by atoms with Crippen LogP contribution in [0.2, 0.25) is 0 Å². The minimum Gasteiger partial charge on any atom is -0.302 e. The third kappa shape index (κ3) is 1.79. The van der Waals surface area contributed by atoms with Crippen molar-refractivity contribution in [1.82, 2.24) is 14.3 Å². The van der Waals surface area contributed by atoms with Gasteiger partial charge < -0.3 is 4.40 Å². The van der Waals surface area contributed by atoms with Gasteiger partial charge in [0.1, 0.15) is 0 Å². The molecule has 0 aliphatic carbocycles. The van der Waals surface area contributed by atoms with Gasteiger partial charge in [-0.15, -0.1) is 0 Å². The Kier molecular flexibility index (Phi) is 2.71. The molecule has 0 bridgehead atoms. The van der Waals surface area contributed by atoms with Crippen LogP contribution in [0, 0.1) is 0 Å². The Labute approximate surface area is 110 Å². The first-order valence-corrected chi connectivity index (χ1v) is 6.84. The van der Waals surface area contributed by atoms with Gasteiger partial charge in [0.2, 0.25) is 0 Å². The highest BCUT2D eigenvalue weighted by Gasteiger charge is 2.23. The summed E-state index contributed by atoms with van der Waals surface area (Å²) >= 11 is 3.57. The molecule has 4 heteroatoms. The SMILES string of the molecule is CC(C)N1CCc2nc3c(Br)cccn3c2C1. The van der Waals surface area contributed by atoms with Crippen LogP contribution in [0.15, 0.2) is 22.8 Å². The Morgan fingerprint density at radius 2 is 2.24 bits per heavy atom. The number of rotatable bonds is 1. The Bertz CT molecular complexity index is 559. The van der Waals surface area contributed by atoms with Crippen molar-refractivity contribution in [2.75, 3.05) is 6.54 Å². The largest absolute Gasteiger partial charge is 0.302 e. The molecule has 0 amide bonds. The molecule has 2 aromatic rings. The second-order valence-electron chi connectivity index (χ2n) is 4.87. The van der Waals surface area contributed by atoms with E-state index in [4.69, 9.17) is 4.98 Å². The van der Waals surface area contributed by atoms with E-state index >= 15 is 0 Å². The number of hydrogen-bond donors (Lipinski definition) is 0. The van der Waals surface area contributed by atoms with Crippen molar-refractivity contribution in [2.24, 2.45) is 0 Å². The predicted octanol–water partition coefficient (Wildman–Crippen LogP) is 2.86. The Morgan fingerprint density at radius 3 is 3.00 bits per heavy atom. The lowest BCUT2D eigenvalue weighted by molar-refractivity contribution is 0.199. The van der Waals surface area contributed by atoms with E-state index < -0.39 is 0 Å². The normalized spacial score (nSPS) is 16.7. The summed E-state index contributed by atoms with van der Waals surface area (Å²) < 4.78 is 3.29. The van der Waals surface area contributed by atoms with E-state index in [0.29, 0.717) is 6.04 Å². The topological polar surface area (TPSA) is 20.5 Å². The zero-order chi connectivity index (χ0) is 12.0. The fourth-order valence-electron chi connectivity index (χ4n) is 2.46. The van der Waals surface area contributed by atoms with E-state index in [0.717, 1.165) is 29.6 Å². The lowest BCUT2D eigenvalue weighted by atomic mass is 10.1. The first-order valence-electron chi connectivity index (χ1n) is 6.05. The van der Waals surface area contributed by atoms with E-state index in [1.54, 1.807) is 0 Å². The van der Waals surface area contributed by atoms with Crippen LogP contribution in [0.4, 0.5) is 0 Å². The van der Waals surface area contributed by atoms with Gasteiger partial charge in [-0.05, 0) is 41.9 Å². The molecular formula is C13H16BrN3. The monoisotopic (exact) mass is 293 g/mol. The van der Waals surface area contributed by atoms with Crippen molar-refractivity contribution in [3.8, 4) is 0 Å². The molecule has 0 unspecified atom stereocenters. The van der Waals surface area contributed by atoms with Gasteiger partial charge in [0.15, 0.2) is 5.65 Å². The van der Waals surface area contributed by atoms with Gasteiger partial charge in [-0.2, -0.15) is 0 Å². The van der Waals surface area contributed by atoms with Crippen LogP contribution in [0.1, 0.15) is 25.2 Å². The molecule has 0 fully saturated rings. The van der Waals surface area contributed by atoms with Crippen LogP contribution in [0.25, 0.3) is 5.65 Å². The maximum atomic E-state index is 4.74. The number of pyridine rings is 1. The van der Waals surface area contributed by atoms with Gasteiger partial charge in [0, 0.05) is 31.7 Å². The van der Waals surface area contributed by atoms with Crippen LogP contribution in [-0.2, 0) is 13.0 Å². The Morgan fingerprint density at radius 1 is 1.41 bits per heavy atom. The number of nitrogens with zero attached hydrogens (tertiary/aromatic N) is 3. The zero-order valence-corrected chi connectivity index (χ0v) is 11.7. The molecule has 0 saturated carbocycles. The minimum absolute atomic E-state index is 0.598. The molecule has 2 aromatic heterocycles. The van der Waals surface area contributed by atoms with Gasteiger partial charge in [-0.3, -0.25) is 4.90 Å². The molecule has 1 aliphatic heterocycles. The smallest absolute Gasteiger partial charge is 0.151 e. The Balaban J connectivity index is 2.12. The molecule has 1 aliphatic rings. The molecule has 17 heavy (non-hydrogen) atoms. The van der Waals surface area contributed by atoms with Gasteiger partial charge >= 0.3 is 0 Å². The summed E-state index contributed by atoms with van der Waals surface area (Å²) in [5.74, 6) is 0.